The van der Waals surface area contributed by atoms with Crippen molar-refractivity contribution in [2.24, 2.45) is 5.92 Å². The van der Waals surface area contributed by atoms with Gasteiger partial charge in [0.25, 0.3) is 5.91 Å². The summed E-state index contributed by atoms with van der Waals surface area (Å²) in [5.74, 6) is -1.57. The number of piperidine rings is 1. The van der Waals surface area contributed by atoms with Crippen LogP contribution >= 0.6 is 11.8 Å². The number of aliphatic carboxylic acids is 1. The molecule has 2 aromatic rings. The highest BCUT2D eigenvalue weighted by Gasteiger charge is 2.44. The van der Waals surface area contributed by atoms with Crippen LogP contribution in [0.1, 0.15) is 19.3 Å². The number of carboxylic acid groups (broad SMARTS) is 1. The zero-order valence-electron chi connectivity index (χ0n) is 15.9. The lowest BCUT2D eigenvalue weighted by molar-refractivity contribution is -0.143. The average molecular weight is 410 g/mol. The standard InChI is InChI=1S/C22H22N2O4S/c25-20-14-18(23-12-10-15(11-13-23)22(27)28)21(26)24(20)17-8-4-5-9-19(17)29-16-6-2-1-3-7-16/h1-9,15,18H,10-14H2,(H,27,28)/t18-/m0/s1. The Morgan fingerprint density at radius 1 is 0.966 bits per heavy atom. The molecule has 2 saturated heterocycles. The van der Waals surface area contributed by atoms with Crippen LogP contribution in [0.15, 0.2) is 64.4 Å². The summed E-state index contributed by atoms with van der Waals surface area (Å²) in [5.41, 5.74) is 0.610. The molecule has 2 heterocycles. The molecule has 0 radical (unpaired) electrons. The minimum atomic E-state index is -0.785. The Morgan fingerprint density at radius 3 is 2.31 bits per heavy atom. The van der Waals surface area contributed by atoms with Crippen LogP contribution in [0.3, 0.4) is 0 Å². The van der Waals surface area contributed by atoms with Gasteiger partial charge in [-0.15, -0.1) is 0 Å². The zero-order valence-corrected chi connectivity index (χ0v) is 16.7. The van der Waals surface area contributed by atoms with Crippen molar-refractivity contribution in [1.29, 1.82) is 0 Å². The molecule has 6 nitrogen and oxygen atoms in total. The third kappa shape index (κ3) is 4.06. The first-order valence-corrected chi connectivity index (χ1v) is 10.5. The Balaban J connectivity index is 1.53. The molecule has 0 saturated carbocycles. The van der Waals surface area contributed by atoms with Gasteiger partial charge in [0.2, 0.25) is 5.91 Å². The van der Waals surface area contributed by atoms with Gasteiger partial charge in [-0.05, 0) is 50.2 Å². The van der Waals surface area contributed by atoms with Gasteiger partial charge in [-0.25, -0.2) is 4.90 Å². The Labute approximate surface area is 173 Å². The zero-order chi connectivity index (χ0) is 20.4. The molecule has 1 N–H and O–H groups in total. The maximum Gasteiger partial charge on any atom is 0.306 e. The van der Waals surface area contributed by atoms with Gasteiger partial charge in [0, 0.05) is 9.79 Å². The highest BCUT2D eigenvalue weighted by molar-refractivity contribution is 7.99. The number of nitrogens with zero attached hydrogens (tertiary/aromatic N) is 2. The lowest BCUT2D eigenvalue weighted by atomic mass is 9.96. The summed E-state index contributed by atoms with van der Waals surface area (Å²) in [4.78, 5) is 42.3. The topological polar surface area (TPSA) is 77.9 Å². The molecule has 2 amide bonds. The van der Waals surface area contributed by atoms with E-state index in [1.165, 1.54) is 16.7 Å². The number of imide groups is 1. The van der Waals surface area contributed by atoms with E-state index in [0.29, 0.717) is 31.6 Å². The molecule has 4 rings (SSSR count). The number of anilines is 1. The number of amides is 2. The van der Waals surface area contributed by atoms with Crippen LogP contribution < -0.4 is 4.90 Å². The van der Waals surface area contributed by atoms with Gasteiger partial charge in [-0.1, -0.05) is 42.1 Å². The number of carbonyl (C=O) groups excluding carboxylic acids is 2. The predicted octanol–water partition coefficient (Wildman–Crippen LogP) is 3.27. The molecule has 2 aliphatic heterocycles. The van der Waals surface area contributed by atoms with Crippen molar-refractivity contribution in [3.05, 3.63) is 54.6 Å². The van der Waals surface area contributed by atoms with E-state index >= 15 is 0 Å². The Morgan fingerprint density at radius 2 is 1.62 bits per heavy atom. The van der Waals surface area contributed by atoms with Crippen LogP contribution in [0.5, 0.6) is 0 Å². The van der Waals surface area contributed by atoms with Gasteiger partial charge in [0.05, 0.1) is 24.1 Å². The van der Waals surface area contributed by atoms with E-state index in [0.717, 1.165) is 9.79 Å². The molecule has 2 aliphatic rings. The molecule has 0 spiro atoms. The van der Waals surface area contributed by atoms with E-state index in [1.54, 1.807) is 6.07 Å². The number of carboxylic acids is 1. The second-order valence-corrected chi connectivity index (χ2v) is 8.43. The molecule has 29 heavy (non-hydrogen) atoms. The summed E-state index contributed by atoms with van der Waals surface area (Å²) in [5, 5.41) is 9.18. The smallest absolute Gasteiger partial charge is 0.306 e. The molecule has 0 unspecified atom stereocenters. The van der Waals surface area contributed by atoms with Gasteiger partial charge in [-0.2, -0.15) is 0 Å². The first kappa shape index (κ1) is 19.7. The molecule has 2 fully saturated rings. The molecule has 0 aliphatic carbocycles. The first-order chi connectivity index (χ1) is 14.0. The molecule has 0 aromatic heterocycles. The van der Waals surface area contributed by atoms with Crippen LogP contribution in [-0.4, -0.2) is 46.9 Å². The molecular weight excluding hydrogens is 388 g/mol. The van der Waals surface area contributed by atoms with Crippen LogP contribution in [0, 0.1) is 5.92 Å². The van der Waals surface area contributed by atoms with E-state index in [4.69, 9.17) is 0 Å². The number of carbonyl (C=O) groups is 3. The third-order valence-electron chi connectivity index (χ3n) is 5.52. The van der Waals surface area contributed by atoms with Crippen molar-refractivity contribution in [2.45, 2.75) is 35.1 Å². The number of benzene rings is 2. The number of hydrogen-bond acceptors (Lipinski definition) is 5. The summed E-state index contributed by atoms with van der Waals surface area (Å²) in [6.07, 6.45) is 1.16. The summed E-state index contributed by atoms with van der Waals surface area (Å²) in [6, 6.07) is 16.8. The molecule has 7 heteroatoms. The SMILES string of the molecule is O=C(O)C1CCN([C@H]2CC(=O)N(c3ccccc3Sc3ccccc3)C2=O)CC1. The normalized spacial score (nSPS) is 21.0. The fraction of sp³-hybridized carbons (Fsp3) is 0.318. The maximum absolute atomic E-state index is 13.2. The minimum Gasteiger partial charge on any atom is -0.481 e. The van der Waals surface area contributed by atoms with Gasteiger partial charge in [0.1, 0.15) is 0 Å². The van der Waals surface area contributed by atoms with Gasteiger partial charge >= 0.3 is 5.97 Å². The van der Waals surface area contributed by atoms with E-state index in [9.17, 15) is 19.5 Å². The van der Waals surface area contributed by atoms with Crippen molar-refractivity contribution in [3.63, 3.8) is 0 Å². The second-order valence-electron chi connectivity index (χ2n) is 7.32. The van der Waals surface area contributed by atoms with Gasteiger partial charge < -0.3 is 5.11 Å². The molecule has 150 valence electrons. The first-order valence-electron chi connectivity index (χ1n) is 9.70. The lowest BCUT2D eigenvalue weighted by Gasteiger charge is -2.33. The highest BCUT2D eigenvalue weighted by atomic mass is 32.2. The maximum atomic E-state index is 13.2. The predicted molar refractivity (Wildman–Crippen MR) is 110 cm³/mol. The average Bonchev–Trinajstić information content (AvgIpc) is 3.03. The fourth-order valence-electron chi connectivity index (χ4n) is 3.96. The summed E-state index contributed by atoms with van der Waals surface area (Å²) in [6.45, 7) is 1.05. The van der Waals surface area contributed by atoms with E-state index in [-0.39, 0.29) is 24.2 Å². The third-order valence-corrected chi connectivity index (χ3v) is 6.59. The fourth-order valence-corrected chi connectivity index (χ4v) is 4.91. The van der Waals surface area contributed by atoms with Crippen LogP contribution in [0.25, 0.3) is 0 Å². The van der Waals surface area contributed by atoms with E-state index in [1.807, 2.05) is 53.4 Å². The summed E-state index contributed by atoms with van der Waals surface area (Å²) >= 11 is 1.52. The van der Waals surface area contributed by atoms with Crippen molar-refractivity contribution < 1.29 is 19.5 Å². The molecule has 1 atom stereocenters. The Hall–Kier alpha value is -2.64. The lowest BCUT2D eigenvalue weighted by Crippen LogP contribution is -2.46. The highest BCUT2D eigenvalue weighted by Crippen LogP contribution is 2.38. The number of para-hydroxylation sites is 1. The molecule has 2 aromatic carbocycles. The monoisotopic (exact) mass is 410 g/mol. The van der Waals surface area contributed by atoms with Crippen LogP contribution in [0.4, 0.5) is 5.69 Å². The van der Waals surface area contributed by atoms with Crippen molar-refractivity contribution >= 4 is 35.2 Å². The number of rotatable bonds is 5. The Bertz CT molecular complexity index is 925. The van der Waals surface area contributed by atoms with Crippen molar-refractivity contribution in [1.82, 2.24) is 4.90 Å². The second kappa shape index (κ2) is 8.39. The minimum absolute atomic E-state index is 0.140. The number of likely N-dealkylation sites (tertiary alicyclic amines) is 1. The Kier molecular flexibility index (Phi) is 5.69. The largest absolute Gasteiger partial charge is 0.481 e. The quantitative estimate of drug-likeness (QED) is 0.763. The van der Waals surface area contributed by atoms with Crippen LogP contribution in [-0.2, 0) is 14.4 Å². The summed E-state index contributed by atoms with van der Waals surface area (Å²) in [7, 11) is 0. The van der Waals surface area contributed by atoms with E-state index < -0.39 is 12.0 Å². The molecular formula is C22H22N2O4S. The molecule has 0 bridgehead atoms. The van der Waals surface area contributed by atoms with Crippen molar-refractivity contribution in [3.8, 4) is 0 Å². The van der Waals surface area contributed by atoms with Crippen molar-refractivity contribution in [2.75, 3.05) is 18.0 Å². The van der Waals surface area contributed by atoms with Gasteiger partial charge in [0.15, 0.2) is 0 Å². The van der Waals surface area contributed by atoms with Crippen LogP contribution in [0.2, 0.25) is 0 Å². The van der Waals surface area contributed by atoms with E-state index in [2.05, 4.69) is 0 Å². The summed E-state index contributed by atoms with van der Waals surface area (Å²) < 4.78 is 0. The van der Waals surface area contributed by atoms with Gasteiger partial charge in [-0.3, -0.25) is 19.3 Å². The number of hydrogen-bond donors (Lipinski definition) is 1.